The van der Waals surface area contributed by atoms with Crippen molar-refractivity contribution < 1.29 is 9.90 Å². The first-order valence-electron chi connectivity index (χ1n) is 6.94. The van der Waals surface area contributed by atoms with Gasteiger partial charge in [0.25, 0.3) is 0 Å². The van der Waals surface area contributed by atoms with Crippen molar-refractivity contribution in [3.05, 3.63) is 35.9 Å². The van der Waals surface area contributed by atoms with Crippen molar-refractivity contribution in [2.45, 2.75) is 12.8 Å². The van der Waals surface area contributed by atoms with Crippen LogP contribution in [0.5, 0.6) is 0 Å². The molecule has 0 aliphatic carbocycles. The number of aliphatic carboxylic acids is 1. The van der Waals surface area contributed by atoms with Gasteiger partial charge in [-0.2, -0.15) is 0 Å². The molecule has 0 spiro atoms. The van der Waals surface area contributed by atoms with Crippen molar-refractivity contribution >= 4 is 5.97 Å². The van der Waals surface area contributed by atoms with Crippen molar-refractivity contribution in [1.29, 1.82) is 0 Å². The molecule has 1 heterocycles. The van der Waals surface area contributed by atoms with Crippen LogP contribution in [0.2, 0.25) is 0 Å². The van der Waals surface area contributed by atoms with Gasteiger partial charge in [0.15, 0.2) is 0 Å². The number of hydrogen-bond acceptors (Lipinski definition) is 3. The standard InChI is InChI=1S/C15H22N2O2/c18-15(19)7-9-17-12-10-16(11-13-17)8-6-14-4-2-1-3-5-14/h1-5H,6-13H2,(H,18,19). The summed E-state index contributed by atoms with van der Waals surface area (Å²) in [7, 11) is 0. The first-order chi connectivity index (χ1) is 9.24. The zero-order chi connectivity index (χ0) is 13.5. The summed E-state index contributed by atoms with van der Waals surface area (Å²) >= 11 is 0. The van der Waals surface area contributed by atoms with Crippen molar-refractivity contribution in [2.24, 2.45) is 0 Å². The van der Waals surface area contributed by atoms with Crippen molar-refractivity contribution in [3.8, 4) is 0 Å². The van der Waals surface area contributed by atoms with Gasteiger partial charge in [0, 0.05) is 39.3 Å². The second-order valence-corrected chi connectivity index (χ2v) is 5.06. The minimum Gasteiger partial charge on any atom is -0.481 e. The molecule has 1 fully saturated rings. The third kappa shape index (κ3) is 5.01. The van der Waals surface area contributed by atoms with E-state index in [0.717, 1.165) is 39.1 Å². The highest BCUT2D eigenvalue weighted by Gasteiger charge is 2.16. The van der Waals surface area contributed by atoms with Gasteiger partial charge in [-0.25, -0.2) is 0 Å². The van der Waals surface area contributed by atoms with Gasteiger partial charge in [-0.15, -0.1) is 0 Å². The lowest BCUT2D eigenvalue weighted by Crippen LogP contribution is -2.47. The smallest absolute Gasteiger partial charge is 0.304 e. The van der Waals surface area contributed by atoms with Gasteiger partial charge >= 0.3 is 5.97 Å². The number of carboxylic acids is 1. The second-order valence-electron chi connectivity index (χ2n) is 5.06. The van der Waals surface area contributed by atoms with Crippen molar-refractivity contribution in [3.63, 3.8) is 0 Å². The van der Waals surface area contributed by atoms with Crippen LogP contribution in [0.4, 0.5) is 0 Å². The maximum Gasteiger partial charge on any atom is 0.304 e. The van der Waals surface area contributed by atoms with E-state index in [2.05, 4.69) is 34.1 Å². The monoisotopic (exact) mass is 262 g/mol. The van der Waals surface area contributed by atoms with Crippen LogP contribution >= 0.6 is 0 Å². The predicted molar refractivity (Wildman–Crippen MR) is 75.3 cm³/mol. The van der Waals surface area contributed by atoms with E-state index < -0.39 is 5.97 Å². The Balaban J connectivity index is 1.65. The molecule has 1 aromatic rings. The molecule has 0 atom stereocenters. The van der Waals surface area contributed by atoms with E-state index in [4.69, 9.17) is 5.11 Å². The van der Waals surface area contributed by atoms with E-state index in [1.165, 1.54) is 5.56 Å². The predicted octanol–water partition coefficient (Wildman–Crippen LogP) is 1.32. The lowest BCUT2D eigenvalue weighted by atomic mass is 10.1. The summed E-state index contributed by atoms with van der Waals surface area (Å²) in [6.45, 7) is 5.85. The largest absolute Gasteiger partial charge is 0.481 e. The fraction of sp³-hybridized carbons (Fsp3) is 0.533. The summed E-state index contributed by atoms with van der Waals surface area (Å²) in [4.78, 5) is 15.2. The Morgan fingerprint density at radius 1 is 1.00 bits per heavy atom. The van der Waals surface area contributed by atoms with Crippen LogP contribution in [0, 0.1) is 0 Å². The Kier molecular flexibility index (Phi) is 5.36. The lowest BCUT2D eigenvalue weighted by molar-refractivity contribution is -0.137. The lowest BCUT2D eigenvalue weighted by Gasteiger charge is -2.34. The third-order valence-corrected chi connectivity index (χ3v) is 3.67. The third-order valence-electron chi connectivity index (χ3n) is 3.67. The first-order valence-corrected chi connectivity index (χ1v) is 6.94. The SMILES string of the molecule is O=C(O)CCN1CCN(CCc2ccccc2)CC1. The number of rotatable bonds is 6. The van der Waals surface area contributed by atoms with E-state index in [1.54, 1.807) is 0 Å². The summed E-state index contributed by atoms with van der Waals surface area (Å²) in [5, 5.41) is 8.67. The maximum atomic E-state index is 10.5. The number of carboxylic acid groups (broad SMARTS) is 1. The van der Waals surface area contributed by atoms with Crippen LogP contribution < -0.4 is 0 Å². The first kappa shape index (κ1) is 14.0. The Morgan fingerprint density at radius 2 is 1.58 bits per heavy atom. The minimum atomic E-state index is -0.702. The van der Waals surface area contributed by atoms with Gasteiger partial charge in [0.2, 0.25) is 0 Å². The molecule has 0 radical (unpaired) electrons. The molecule has 1 aliphatic heterocycles. The molecule has 0 bridgehead atoms. The second kappa shape index (κ2) is 7.26. The van der Waals surface area contributed by atoms with E-state index in [1.807, 2.05) is 6.07 Å². The molecule has 1 saturated heterocycles. The van der Waals surface area contributed by atoms with Gasteiger partial charge in [-0.1, -0.05) is 30.3 Å². The van der Waals surface area contributed by atoms with Gasteiger partial charge in [-0.3, -0.25) is 4.79 Å². The topological polar surface area (TPSA) is 43.8 Å². The molecular weight excluding hydrogens is 240 g/mol. The number of benzene rings is 1. The Morgan fingerprint density at radius 3 is 2.16 bits per heavy atom. The fourth-order valence-electron chi connectivity index (χ4n) is 2.42. The zero-order valence-electron chi connectivity index (χ0n) is 11.3. The molecule has 0 unspecified atom stereocenters. The Bertz CT molecular complexity index is 386. The molecule has 1 N–H and O–H groups in total. The molecule has 4 nitrogen and oxygen atoms in total. The van der Waals surface area contributed by atoms with E-state index in [0.29, 0.717) is 6.54 Å². The number of nitrogens with zero attached hydrogens (tertiary/aromatic N) is 2. The molecule has 2 rings (SSSR count). The highest BCUT2D eigenvalue weighted by Crippen LogP contribution is 2.05. The van der Waals surface area contributed by atoms with E-state index in [9.17, 15) is 4.79 Å². The summed E-state index contributed by atoms with van der Waals surface area (Å²) < 4.78 is 0. The molecule has 104 valence electrons. The Hall–Kier alpha value is -1.39. The minimum absolute atomic E-state index is 0.254. The normalized spacial score (nSPS) is 17.5. The van der Waals surface area contributed by atoms with Crippen LogP contribution in [-0.4, -0.2) is 60.1 Å². The van der Waals surface area contributed by atoms with Gasteiger partial charge < -0.3 is 14.9 Å². The van der Waals surface area contributed by atoms with Crippen molar-refractivity contribution in [2.75, 3.05) is 39.3 Å². The molecule has 0 amide bonds. The summed E-state index contributed by atoms with van der Waals surface area (Å²) in [5.41, 5.74) is 1.39. The summed E-state index contributed by atoms with van der Waals surface area (Å²) in [6.07, 6.45) is 1.35. The number of carbonyl (C=O) groups is 1. The van der Waals surface area contributed by atoms with Gasteiger partial charge in [-0.05, 0) is 12.0 Å². The number of hydrogen-bond donors (Lipinski definition) is 1. The highest BCUT2D eigenvalue weighted by molar-refractivity contribution is 5.66. The van der Waals surface area contributed by atoms with E-state index in [-0.39, 0.29) is 6.42 Å². The van der Waals surface area contributed by atoms with Crippen LogP contribution in [0.15, 0.2) is 30.3 Å². The average molecular weight is 262 g/mol. The average Bonchev–Trinajstić information content (AvgIpc) is 2.45. The van der Waals surface area contributed by atoms with Crippen LogP contribution in [0.3, 0.4) is 0 Å². The fourth-order valence-corrected chi connectivity index (χ4v) is 2.42. The van der Waals surface area contributed by atoms with Gasteiger partial charge in [0.1, 0.15) is 0 Å². The highest BCUT2D eigenvalue weighted by atomic mass is 16.4. The molecular formula is C15H22N2O2. The quantitative estimate of drug-likeness (QED) is 0.840. The molecule has 0 saturated carbocycles. The molecule has 1 aromatic carbocycles. The molecule has 4 heteroatoms. The Labute approximate surface area is 114 Å². The van der Waals surface area contributed by atoms with Crippen LogP contribution in [0.25, 0.3) is 0 Å². The maximum absolute atomic E-state index is 10.5. The van der Waals surface area contributed by atoms with E-state index >= 15 is 0 Å². The molecule has 19 heavy (non-hydrogen) atoms. The molecule has 0 aromatic heterocycles. The van der Waals surface area contributed by atoms with Crippen LogP contribution in [0.1, 0.15) is 12.0 Å². The molecule has 1 aliphatic rings. The summed E-state index contributed by atoms with van der Waals surface area (Å²) in [5.74, 6) is -0.702. The zero-order valence-corrected chi connectivity index (χ0v) is 11.3. The van der Waals surface area contributed by atoms with Crippen molar-refractivity contribution in [1.82, 2.24) is 9.80 Å². The summed E-state index contributed by atoms with van der Waals surface area (Å²) in [6, 6.07) is 10.6. The number of piperazine rings is 1. The van der Waals surface area contributed by atoms with Gasteiger partial charge in [0.05, 0.1) is 6.42 Å². The van der Waals surface area contributed by atoms with Crippen LogP contribution in [-0.2, 0) is 11.2 Å².